The Labute approximate surface area is 110 Å². The Morgan fingerprint density at radius 2 is 1.89 bits per heavy atom. The molecule has 2 rings (SSSR count). The second kappa shape index (κ2) is 5.61. The molecule has 0 unspecified atom stereocenters. The monoisotopic (exact) mass is 252 g/mol. The SMILES string of the molecule is C#C[C@H]1O[C@]2(CC[C@H]1C)CC[C@H](C)[C@@H](CCO)O2. The van der Waals surface area contributed by atoms with Crippen molar-refractivity contribution >= 4 is 0 Å². The summed E-state index contributed by atoms with van der Waals surface area (Å²) in [6, 6.07) is 0. The third-order valence-electron chi connectivity index (χ3n) is 4.40. The molecule has 0 radical (unpaired) electrons. The average Bonchev–Trinajstić information content (AvgIpc) is 2.38. The molecule has 1 spiro atoms. The molecule has 0 bridgehead atoms. The Morgan fingerprint density at radius 1 is 1.22 bits per heavy atom. The second-order valence-electron chi connectivity index (χ2n) is 5.82. The molecule has 1 N–H and O–H groups in total. The Balaban J connectivity index is 2.05. The van der Waals surface area contributed by atoms with E-state index in [0.29, 0.717) is 18.3 Å². The number of aliphatic hydroxyl groups is 1. The van der Waals surface area contributed by atoms with Crippen LogP contribution in [0.3, 0.4) is 0 Å². The van der Waals surface area contributed by atoms with Gasteiger partial charge in [0.05, 0.1) is 6.10 Å². The summed E-state index contributed by atoms with van der Waals surface area (Å²) in [6.07, 6.45) is 10.1. The van der Waals surface area contributed by atoms with Gasteiger partial charge in [0, 0.05) is 19.4 Å². The van der Waals surface area contributed by atoms with E-state index in [2.05, 4.69) is 19.8 Å². The Hall–Kier alpha value is -0.560. The van der Waals surface area contributed by atoms with Gasteiger partial charge in [0.1, 0.15) is 6.10 Å². The molecular formula is C15H24O3. The van der Waals surface area contributed by atoms with Crippen LogP contribution in [0.15, 0.2) is 0 Å². The zero-order valence-corrected chi connectivity index (χ0v) is 11.4. The number of hydrogen-bond acceptors (Lipinski definition) is 3. The highest BCUT2D eigenvalue weighted by atomic mass is 16.7. The molecule has 3 heteroatoms. The minimum atomic E-state index is -0.490. The van der Waals surface area contributed by atoms with Gasteiger partial charge in [0.15, 0.2) is 5.79 Å². The fraction of sp³-hybridized carbons (Fsp3) is 0.867. The van der Waals surface area contributed by atoms with Crippen molar-refractivity contribution in [2.45, 2.75) is 63.9 Å². The van der Waals surface area contributed by atoms with Crippen LogP contribution >= 0.6 is 0 Å². The fourth-order valence-corrected chi connectivity index (χ4v) is 3.03. The molecule has 2 aliphatic rings. The standard InChI is InChI=1S/C15H24O3/c1-4-13-11(2)5-8-15(17-13)9-6-12(3)14(18-15)7-10-16/h1,11-14,16H,5-10H2,2-3H3/t11-,12+,13-,14-,15+/m1/s1. The van der Waals surface area contributed by atoms with E-state index < -0.39 is 5.79 Å². The predicted molar refractivity (Wildman–Crippen MR) is 69.8 cm³/mol. The van der Waals surface area contributed by atoms with Crippen LogP contribution in [0.5, 0.6) is 0 Å². The molecule has 2 aliphatic heterocycles. The zero-order valence-electron chi connectivity index (χ0n) is 11.4. The van der Waals surface area contributed by atoms with Crippen LogP contribution in [-0.2, 0) is 9.47 Å². The molecule has 2 fully saturated rings. The molecule has 3 nitrogen and oxygen atoms in total. The number of terminal acetylenes is 1. The van der Waals surface area contributed by atoms with E-state index in [1.807, 2.05) is 0 Å². The van der Waals surface area contributed by atoms with Crippen molar-refractivity contribution in [2.24, 2.45) is 11.8 Å². The Kier molecular flexibility index (Phi) is 4.32. The molecule has 2 saturated heterocycles. The lowest BCUT2D eigenvalue weighted by molar-refractivity contribution is -0.323. The van der Waals surface area contributed by atoms with Crippen LogP contribution in [0.2, 0.25) is 0 Å². The summed E-state index contributed by atoms with van der Waals surface area (Å²) in [5.74, 6) is 3.13. The van der Waals surface area contributed by atoms with E-state index in [-0.39, 0.29) is 18.8 Å². The highest BCUT2D eigenvalue weighted by Crippen LogP contribution is 2.43. The van der Waals surface area contributed by atoms with Gasteiger partial charge in [-0.2, -0.15) is 0 Å². The summed E-state index contributed by atoms with van der Waals surface area (Å²) in [5, 5.41) is 9.11. The van der Waals surface area contributed by atoms with Crippen molar-refractivity contribution in [3.63, 3.8) is 0 Å². The van der Waals surface area contributed by atoms with Crippen LogP contribution < -0.4 is 0 Å². The smallest absolute Gasteiger partial charge is 0.170 e. The summed E-state index contributed by atoms with van der Waals surface area (Å²) in [4.78, 5) is 0. The van der Waals surface area contributed by atoms with Crippen LogP contribution in [-0.4, -0.2) is 29.7 Å². The first kappa shape index (κ1) is 13.9. The molecule has 0 aromatic carbocycles. The minimum Gasteiger partial charge on any atom is -0.396 e. The highest BCUT2D eigenvalue weighted by molar-refractivity contribution is 5.01. The van der Waals surface area contributed by atoms with Crippen LogP contribution in [0, 0.1) is 24.2 Å². The van der Waals surface area contributed by atoms with Gasteiger partial charge in [0.25, 0.3) is 0 Å². The van der Waals surface area contributed by atoms with Crippen molar-refractivity contribution in [2.75, 3.05) is 6.61 Å². The summed E-state index contributed by atoms with van der Waals surface area (Å²) in [7, 11) is 0. The van der Waals surface area contributed by atoms with E-state index in [1.54, 1.807) is 0 Å². The predicted octanol–water partition coefficient (Wildman–Crippen LogP) is 2.33. The number of ether oxygens (including phenoxy) is 2. The van der Waals surface area contributed by atoms with Gasteiger partial charge < -0.3 is 14.6 Å². The molecular weight excluding hydrogens is 228 g/mol. The zero-order chi connectivity index (χ0) is 13.2. The fourth-order valence-electron chi connectivity index (χ4n) is 3.03. The molecule has 0 aromatic rings. The van der Waals surface area contributed by atoms with Crippen molar-refractivity contribution in [1.29, 1.82) is 0 Å². The number of aliphatic hydroxyl groups excluding tert-OH is 1. The van der Waals surface area contributed by atoms with Crippen LogP contribution in [0.4, 0.5) is 0 Å². The molecule has 0 saturated carbocycles. The summed E-state index contributed by atoms with van der Waals surface area (Å²) < 4.78 is 12.2. The van der Waals surface area contributed by atoms with Crippen molar-refractivity contribution < 1.29 is 14.6 Å². The van der Waals surface area contributed by atoms with Crippen molar-refractivity contribution in [1.82, 2.24) is 0 Å². The van der Waals surface area contributed by atoms with Gasteiger partial charge in [-0.15, -0.1) is 6.42 Å². The normalized spacial score (nSPS) is 44.8. The molecule has 0 aliphatic carbocycles. The summed E-state index contributed by atoms with van der Waals surface area (Å²) >= 11 is 0. The Bertz CT molecular complexity index is 318. The van der Waals surface area contributed by atoms with Crippen LogP contribution in [0.25, 0.3) is 0 Å². The molecule has 2 heterocycles. The van der Waals surface area contributed by atoms with Crippen LogP contribution in [0.1, 0.15) is 46.0 Å². The number of rotatable bonds is 2. The van der Waals surface area contributed by atoms with E-state index in [9.17, 15) is 0 Å². The summed E-state index contributed by atoms with van der Waals surface area (Å²) in [6.45, 7) is 4.48. The van der Waals surface area contributed by atoms with E-state index >= 15 is 0 Å². The third-order valence-corrected chi connectivity index (χ3v) is 4.40. The van der Waals surface area contributed by atoms with Crippen molar-refractivity contribution in [3.05, 3.63) is 0 Å². The first-order valence-electron chi connectivity index (χ1n) is 7.03. The van der Waals surface area contributed by atoms with E-state index in [1.165, 1.54) is 0 Å². The molecule has 0 amide bonds. The van der Waals surface area contributed by atoms with Gasteiger partial charge in [-0.1, -0.05) is 19.8 Å². The molecule has 5 atom stereocenters. The van der Waals surface area contributed by atoms with Crippen molar-refractivity contribution in [3.8, 4) is 12.3 Å². The highest BCUT2D eigenvalue weighted by Gasteiger charge is 2.45. The van der Waals surface area contributed by atoms with Gasteiger partial charge >= 0.3 is 0 Å². The topological polar surface area (TPSA) is 38.7 Å². The minimum absolute atomic E-state index is 0.0931. The largest absolute Gasteiger partial charge is 0.396 e. The number of hydrogen-bond donors (Lipinski definition) is 1. The molecule has 102 valence electrons. The first-order chi connectivity index (χ1) is 8.60. The van der Waals surface area contributed by atoms with E-state index in [0.717, 1.165) is 25.7 Å². The van der Waals surface area contributed by atoms with E-state index in [4.69, 9.17) is 21.0 Å². The maximum atomic E-state index is 9.11. The lowest BCUT2D eigenvalue weighted by Crippen LogP contribution is -2.51. The quantitative estimate of drug-likeness (QED) is 0.767. The average molecular weight is 252 g/mol. The lowest BCUT2D eigenvalue weighted by atomic mass is 9.84. The maximum absolute atomic E-state index is 9.11. The summed E-state index contributed by atoms with van der Waals surface area (Å²) in [5.41, 5.74) is 0. The van der Waals surface area contributed by atoms with Gasteiger partial charge in [-0.3, -0.25) is 0 Å². The third kappa shape index (κ3) is 2.71. The Morgan fingerprint density at radius 3 is 2.50 bits per heavy atom. The maximum Gasteiger partial charge on any atom is 0.170 e. The molecule has 18 heavy (non-hydrogen) atoms. The molecule has 0 aromatic heterocycles. The second-order valence-corrected chi connectivity index (χ2v) is 5.82. The van der Waals surface area contributed by atoms with Gasteiger partial charge in [-0.05, 0) is 31.1 Å². The van der Waals surface area contributed by atoms with Gasteiger partial charge in [-0.25, -0.2) is 0 Å². The lowest BCUT2D eigenvalue weighted by Gasteiger charge is -2.48. The first-order valence-corrected chi connectivity index (χ1v) is 7.03. The van der Waals surface area contributed by atoms with Gasteiger partial charge in [0.2, 0.25) is 0 Å².